The molecule has 0 radical (unpaired) electrons. The summed E-state index contributed by atoms with van der Waals surface area (Å²) in [6.07, 6.45) is -12.6. The zero-order valence-electron chi connectivity index (χ0n) is 29.1. The van der Waals surface area contributed by atoms with Gasteiger partial charge in [0.05, 0.1) is 39.5 Å². The summed E-state index contributed by atoms with van der Waals surface area (Å²) in [6.45, 7) is 1.33. The fraction of sp³-hybridized carbons (Fsp3) is 0.545. The van der Waals surface area contributed by atoms with Crippen LogP contribution in [-0.2, 0) is 52.1 Å². The number of ether oxygens (including phenoxy) is 11. The highest BCUT2D eigenvalue weighted by atomic mass is 35.9. The number of hydrogen-bond acceptors (Lipinski definition) is 16. The van der Waals surface area contributed by atoms with E-state index >= 15 is 0 Å². The van der Waals surface area contributed by atoms with Crippen LogP contribution < -0.4 is 23.5 Å². The Morgan fingerprint density at radius 1 is 0.839 bits per heavy atom. The van der Waals surface area contributed by atoms with Crippen molar-refractivity contribution in [2.75, 3.05) is 34.2 Å². The van der Waals surface area contributed by atoms with Gasteiger partial charge in [0.25, 0.3) is 0 Å². The number of hydrogen-bond donors (Lipinski definition) is 0. The number of rotatable bonds is 11. The minimum Gasteiger partial charge on any atom is -0.493 e. The molecular weight excluding hydrogens is 896 g/mol. The Bertz CT molecular complexity index is 1890. The first-order valence-corrected chi connectivity index (χ1v) is 21.9. The van der Waals surface area contributed by atoms with E-state index < -0.39 is 94.5 Å². The molecule has 1 aliphatic carbocycles. The van der Waals surface area contributed by atoms with Gasteiger partial charge in [0.15, 0.2) is 47.8 Å². The zero-order valence-corrected chi connectivity index (χ0v) is 34.5. The fourth-order valence-electron chi connectivity index (χ4n) is 7.51. The molecule has 16 nitrogen and oxygen atoms in total. The summed E-state index contributed by atoms with van der Waals surface area (Å²) in [5, 5.41) is 0. The average Bonchev–Trinajstić information content (AvgIpc) is 3.77. The molecule has 5 aliphatic rings. The summed E-state index contributed by atoms with van der Waals surface area (Å²) in [4.78, 5) is 36.4. The predicted octanol–water partition coefficient (Wildman–Crippen LogP) is 6.31. The lowest BCUT2D eigenvalue weighted by Crippen LogP contribution is -2.65. The molecule has 0 bridgehead atoms. The second-order valence-electron chi connectivity index (χ2n) is 12.9. The van der Waals surface area contributed by atoms with E-state index in [1.54, 1.807) is 31.2 Å². The SMILES string of the molecule is COc1cc([C@@H]2c3cc4c(cc3[C@@H](O[C@@H]3O[C@@H]5CO[C@@H](C)O[C@H]5[C@H](OC(=O)C(Cl)Cl)[C@H]3OC(=O)C(Cl)Cl)[C@H]3COC(=O)[C@H]23)OCO4)cc(OC)c1OP(=O)(Cl)Cl. The largest absolute Gasteiger partial charge is 0.493 e. The number of fused-ring (bicyclic) bond motifs is 4. The summed E-state index contributed by atoms with van der Waals surface area (Å²) >= 11 is 35.0. The van der Waals surface area contributed by atoms with Gasteiger partial charge in [0, 0.05) is 34.3 Å². The zero-order chi connectivity index (χ0) is 40.2. The number of cyclic esters (lactones) is 1. The third-order valence-electron chi connectivity index (χ3n) is 9.74. The van der Waals surface area contributed by atoms with Crippen LogP contribution in [0.3, 0.4) is 0 Å². The number of methoxy groups -OCH3 is 2. The van der Waals surface area contributed by atoms with Crippen LogP contribution in [0.4, 0.5) is 0 Å². The molecule has 0 aromatic heterocycles. The van der Waals surface area contributed by atoms with E-state index in [1.165, 1.54) is 14.2 Å². The number of carbonyl (C=O) groups is 3. The van der Waals surface area contributed by atoms with Crippen molar-refractivity contribution in [3.63, 3.8) is 0 Å². The Kier molecular flexibility index (Phi) is 12.5. The van der Waals surface area contributed by atoms with Gasteiger partial charge in [-0.1, -0.05) is 46.4 Å². The van der Waals surface area contributed by atoms with Crippen molar-refractivity contribution < 1.29 is 75.6 Å². The van der Waals surface area contributed by atoms with Crippen molar-refractivity contribution in [2.45, 2.75) is 65.6 Å². The van der Waals surface area contributed by atoms with Gasteiger partial charge < -0.3 is 56.6 Å². The third kappa shape index (κ3) is 8.26. The van der Waals surface area contributed by atoms with E-state index in [2.05, 4.69) is 0 Å². The molecule has 3 fully saturated rings. The number of benzene rings is 2. The van der Waals surface area contributed by atoms with Gasteiger partial charge in [-0.25, -0.2) is 14.2 Å². The highest BCUT2D eigenvalue weighted by Gasteiger charge is 2.58. The maximum absolute atomic E-state index is 13.8. The summed E-state index contributed by atoms with van der Waals surface area (Å²) in [6, 6.07) is 6.51. The Morgan fingerprint density at radius 2 is 1.45 bits per heavy atom. The molecule has 2 aromatic rings. The molecule has 0 unspecified atom stereocenters. The molecular formula is C33H31Cl6O16P. The second-order valence-corrected chi connectivity index (χ2v) is 19.3. The lowest BCUT2D eigenvalue weighted by molar-refractivity contribution is -0.365. The third-order valence-corrected chi connectivity index (χ3v) is 11.3. The molecule has 3 saturated heterocycles. The van der Waals surface area contributed by atoms with Crippen molar-refractivity contribution >= 4 is 92.9 Å². The van der Waals surface area contributed by atoms with Crippen LogP contribution in [0.1, 0.15) is 35.6 Å². The van der Waals surface area contributed by atoms with Crippen LogP contribution in [0.5, 0.6) is 28.7 Å². The van der Waals surface area contributed by atoms with E-state index in [1.807, 2.05) is 0 Å². The molecule has 0 N–H and O–H groups in total. The monoisotopic (exact) mass is 924 g/mol. The van der Waals surface area contributed by atoms with Gasteiger partial charge >= 0.3 is 24.0 Å². The van der Waals surface area contributed by atoms with Crippen LogP contribution in [0.15, 0.2) is 24.3 Å². The lowest BCUT2D eigenvalue weighted by Gasteiger charge is -2.49. The van der Waals surface area contributed by atoms with E-state index in [0.29, 0.717) is 28.2 Å². The summed E-state index contributed by atoms with van der Waals surface area (Å²) in [7, 11) is 2.68. The first-order chi connectivity index (χ1) is 26.6. The minimum absolute atomic E-state index is 0.0409. The average molecular weight is 927 g/mol. The van der Waals surface area contributed by atoms with Gasteiger partial charge in [0.2, 0.25) is 22.2 Å². The number of halogens is 6. The van der Waals surface area contributed by atoms with Crippen LogP contribution in [0.2, 0.25) is 0 Å². The van der Waals surface area contributed by atoms with Gasteiger partial charge in [-0.2, -0.15) is 0 Å². The summed E-state index contributed by atoms with van der Waals surface area (Å²) < 4.78 is 82.0. The number of esters is 3. The van der Waals surface area contributed by atoms with Gasteiger partial charge in [-0.3, -0.25) is 4.79 Å². The predicted molar refractivity (Wildman–Crippen MR) is 195 cm³/mol. The normalized spacial score (nSPS) is 30.5. The molecule has 0 spiro atoms. The fourth-order valence-corrected chi connectivity index (χ4v) is 8.53. The topological polar surface area (TPSA) is 179 Å². The van der Waals surface area contributed by atoms with Crippen molar-refractivity contribution in [1.29, 1.82) is 0 Å². The Hall–Kier alpha value is -2.34. The van der Waals surface area contributed by atoms with E-state index in [4.69, 9.17) is 126 Å². The molecule has 306 valence electrons. The van der Waals surface area contributed by atoms with E-state index in [9.17, 15) is 18.9 Å². The minimum atomic E-state index is -4.13. The van der Waals surface area contributed by atoms with Crippen LogP contribution in [0.25, 0.3) is 0 Å². The highest BCUT2D eigenvalue weighted by Crippen LogP contribution is 2.62. The van der Waals surface area contributed by atoms with E-state index in [-0.39, 0.29) is 37.3 Å². The maximum Gasteiger partial charge on any atom is 0.428 e. The van der Waals surface area contributed by atoms with Gasteiger partial charge in [0.1, 0.15) is 12.2 Å². The quantitative estimate of drug-likeness (QED) is 0.106. The highest BCUT2D eigenvalue weighted by molar-refractivity contribution is 8.05. The molecule has 0 amide bonds. The van der Waals surface area contributed by atoms with Crippen molar-refractivity contribution in [2.24, 2.45) is 11.8 Å². The van der Waals surface area contributed by atoms with Crippen LogP contribution in [-0.4, -0.2) is 98.8 Å². The molecule has 10 atom stereocenters. The standard InChI is InChI=1S/C33H31Cl6O16P/c1-11-46-9-20-25(50-11)26(52-31(41)28(34)35)27(53-32(42)29(36)37)33(51-20)54-23-14-7-17-16(48-10-49-17)6-13(14)21(22-15(23)8-47-30(22)40)12-4-18(44-2)24(19(5-12)45-3)55-56(38,39)43/h4-7,11,15,20-23,25-29,33H,8-10H2,1-3H3/t11-,15+,20-,21-,22+,23-,25-,26+,27-,33+/m1/s1. The number of alkyl halides is 4. The number of carbonyl (C=O) groups excluding carboxylic acids is 3. The van der Waals surface area contributed by atoms with Crippen molar-refractivity contribution in [3.8, 4) is 28.7 Å². The lowest BCUT2D eigenvalue weighted by atomic mass is 9.66. The van der Waals surface area contributed by atoms with Crippen LogP contribution >= 0.6 is 75.0 Å². The molecule has 4 heterocycles. The molecule has 56 heavy (non-hydrogen) atoms. The van der Waals surface area contributed by atoms with Crippen molar-refractivity contribution in [1.82, 2.24) is 0 Å². The maximum atomic E-state index is 13.8. The smallest absolute Gasteiger partial charge is 0.428 e. The Labute approximate surface area is 348 Å². The first kappa shape index (κ1) is 41.8. The first-order valence-electron chi connectivity index (χ1n) is 16.7. The van der Waals surface area contributed by atoms with Gasteiger partial charge in [-0.15, -0.1) is 0 Å². The van der Waals surface area contributed by atoms with Crippen molar-refractivity contribution in [3.05, 3.63) is 41.0 Å². The summed E-state index contributed by atoms with van der Waals surface area (Å²) in [5.41, 5.74) is 1.49. The Morgan fingerprint density at radius 3 is 2.04 bits per heavy atom. The van der Waals surface area contributed by atoms with Crippen LogP contribution in [0, 0.1) is 11.8 Å². The molecule has 2 aromatic carbocycles. The Balaban J connectivity index is 1.35. The molecule has 7 rings (SSSR count). The van der Waals surface area contributed by atoms with Gasteiger partial charge in [-0.05, 0) is 47.9 Å². The molecule has 0 saturated carbocycles. The second kappa shape index (κ2) is 16.7. The molecule has 23 heteroatoms. The molecule has 4 aliphatic heterocycles. The summed E-state index contributed by atoms with van der Waals surface area (Å²) in [5.74, 6) is -4.58. The van der Waals surface area contributed by atoms with E-state index in [0.717, 1.165) is 0 Å².